The summed E-state index contributed by atoms with van der Waals surface area (Å²) < 4.78 is 0. The van der Waals surface area contributed by atoms with Crippen molar-refractivity contribution in [2.75, 3.05) is 5.43 Å². The number of carbonyl (C=O) groups excluding carboxylic acids is 2. The highest BCUT2D eigenvalue weighted by atomic mass is 35.5. The largest absolute Gasteiger partial charge is 0.301 e. The van der Waals surface area contributed by atoms with Gasteiger partial charge in [-0.05, 0) is 36.5 Å². The van der Waals surface area contributed by atoms with Crippen molar-refractivity contribution in [3.8, 4) is 0 Å². The molecule has 0 saturated carbocycles. The number of hydrazine groups is 1. The third-order valence-corrected chi connectivity index (χ3v) is 3.29. The van der Waals surface area contributed by atoms with E-state index in [1.165, 1.54) is 0 Å². The number of ketones is 1. The lowest BCUT2D eigenvalue weighted by Crippen LogP contribution is -2.42. The highest BCUT2D eigenvalue weighted by Gasteiger charge is 2.12. The van der Waals surface area contributed by atoms with E-state index in [1.807, 2.05) is 0 Å². The molecule has 0 unspecified atom stereocenters. The Labute approximate surface area is 144 Å². The predicted octanol–water partition coefficient (Wildman–Crippen LogP) is 2.93. The van der Waals surface area contributed by atoms with Crippen molar-refractivity contribution < 1.29 is 9.59 Å². The van der Waals surface area contributed by atoms with Gasteiger partial charge in [-0.25, -0.2) is 0 Å². The van der Waals surface area contributed by atoms with Crippen LogP contribution in [0, 0.1) is 0 Å². The number of anilines is 1. The molecule has 2 rings (SSSR count). The Hall–Kier alpha value is -2.44. The van der Waals surface area contributed by atoms with Gasteiger partial charge >= 0.3 is 0 Å². The van der Waals surface area contributed by atoms with E-state index < -0.39 is 5.91 Å². The van der Waals surface area contributed by atoms with Gasteiger partial charge in [0.2, 0.25) is 5.91 Å². The van der Waals surface area contributed by atoms with E-state index in [0.29, 0.717) is 10.6 Å². The molecule has 0 aliphatic heterocycles. The molecule has 0 aliphatic rings. The van der Waals surface area contributed by atoms with Gasteiger partial charge in [0.05, 0.1) is 12.1 Å². The number of nitrogens with one attached hydrogen (secondary N) is 3. The van der Waals surface area contributed by atoms with Gasteiger partial charge in [-0.1, -0.05) is 41.9 Å². The molecule has 0 aromatic heterocycles. The van der Waals surface area contributed by atoms with Crippen molar-refractivity contribution >= 4 is 46.3 Å². The van der Waals surface area contributed by atoms with Gasteiger partial charge in [-0.15, -0.1) is 0 Å². The molecular formula is C16H14ClN3O2S. The van der Waals surface area contributed by atoms with Crippen LogP contribution in [0.1, 0.15) is 16.8 Å². The monoisotopic (exact) mass is 347 g/mol. The number of halogens is 1. The van der Waals surface area contributed by atoms with Gasteiger partial charge in [0.15, 0.2) is 10.9 Å². The van der Waals surface area contributed by atoms with Gasteiger partial charge in [-0.2, -0.15) is 0 Å². The van der Waals surface area contributed by atoms with Crippen LogP contribution in [0.15, 0.2) is 54.6 Å². The second-order valence-corrected chi connectivity index (χ2v) is 5.44. The third-order valence-electron chi connectivity index (χ3n) is 2.83. The first-order chi connectivity index (χ1) is 11.0. The summed E-state index contributed by atoms with van der Waals surface area (Å²) in [4.78, 5) is 23.7. The number of hydrogen-bond acceptors (Lipinski definition) is 4. The van der Waals surface area contributed by atoms with Crippen molar-refractivity contribution in [2.24, 2.45) is 0 Å². The molecule has 0 saturated heterocycles. The molecule has 5 nitrogen and oxygen atoms in total. The zero-order valence-electron chi connectivity index (χ0n) is 12.0. The van der Waals surface area contributed by atoms with Crippen LogP contribution in [0.25, 0.3) is 0 Å². The molecule has 0 bridgehead atoms. The second-order valence-electron chi connectivity index (χ2n) is 4.60. The first-order valence-electron chi connectivity index (χ1n) is 6.74. The maximum Gasteiger partial charge on any atom is 0.233 e. The van der Waals surface area contributed by atoms with E-state index in [4.69, 9.17) is 23.8 Å². The van der Waals surface area contributed by atoms with Crippen LogP contribution >= 0.6 is 23.8 Å². The topological polar surface area (TPSA) is 70.2 Å². The summed E-state index contributed by atoms with van der Waals surface area (Å²) in [6.07, 6.45) is -0.271. The number of amides is 1. The SMILES string of the molecule is O=C(CC(=O)c1ccccc1)NC(=S)NNc1ccc(Cl)cc1. The minimum absolute atomic E-state index is 0.0748. The molecule has 0 aliphatic carbocycles. The van der Waals surface area contributed by atoms with Crippen molar-refractivity contribution in [1.29, 1.82) is 0 Å². The molecule has 0 atom stereocenters. The highest BCUT2D eigenvalue weighted by Crippen LogP contribution is 2.12. The Morgan fingerprint density at radius 3 is 2.30 bits per heavy atom. The number of hydrogen-bond donors (Lipinski definition) is 3. The van der Waals surface area contributed by atoms with Crippen LogP contribution in [0.3, 0.4) is 0 Å². The predicted molar refractivity (Wildman–Crippen MR) is 94.3 cm³/mol. The summed E-state index contributed by atoms with van der Waals surface area (Å²) in [6, 6.07) is 15.5. The van der Waals surface area contributed by atoms with E-state index in [0.717, 1.165) is 5.69 Å². The Kier molecular flexibility index (Phi) is 6.08. The summed E-state index contributed by atoms with van der Waals surface area (Å²) in [5.74, 6) is -0.745. The average Bonchev–Trinajstić information content (AvgIpc) is 2.55. The van der Waals surface area contributed by atoms with Crippen molar-refractivity contribution in [2.45, 2.75) is 6.42 Å². The van der Waals surface area contributed by atoms with E-state index in [-0.39, 0.29) is 17.3 Å². The molecule has 7 heteroatoms. The highest BCUT2D eigenvalue weighted by molar-refractivity contribution is 7.80. The lowest BCUT2D eigenvalue weighted by molar-refractivity contribution is -0.118. The molecule has 0 fully saturated rings. The summed E-state index contributed by atoms with van der Waals surface area (Å²) in [6.45, 7) is 0. The fourth-order valence-corrected chi connectivity index (χ4v) is 2.03. The third kappa shape index (κ3) is 5.69. The number of thiocarbonyl (C=S) groups is 1. The smallest absolute Gasteiger partial charge is 0.233 e. The van der Waals surface area contributed by atoms with E-state index in [2.05, 4.69) is 16.2 Å². The lowest BCUT2D eigenvalue weighted by atomic mass is 10.1. The Morgan fingerprint density at radius 2 is 1.65 bits per heavy atom. The first-order valence-corrected chi connectivity index (χ1v) is 7.53. The van der Waals surface area contributed by atoms with Crippen LogP contribution in [-0.2, 0) is 4.79 Å². The molecular weight excluding hydrogens is 334 g/mol. The summed E-state index contributed by atoms with van der Waals surface area (Å²) in [5.41, 5.74) is 6.68. The van der Waals surface area contributed by atoms with Gasteiger partial charge < -0.3 is 5.32 Å². The summed E-state index contributed by atoms with van der Waals surface area (Å²) >= 11 is 10.8. The summed E-state index contributed by atoms with van der Waals surface area (Å²) in [7, 11) is 0. The molecule has 0 heterocycles. The van der Waals surface area contributed by atoms with Crippen LogP contribution in [0.4, 0.5) is 5.69 Å². The zero-order valence-corrected chi connectivity index (χ0v) is 13.6. The molecule has 0 radical (unpaired) electrons. The lowest BCUT2D eigenvalue weighted by Gasteiger charge is -2.11. The van der Waals surface area contributed by atoms with Gasteiger partial charge in [-0.3, -0.25) is 20.4 Å². The van der Waals surface area contributed by atoms with Gasteiger partial charge in [0.1, 0.15) is 0 Å². The van der Waals surface area contributed by atoms with Crippen LogP contribution < -0.4 is 16.2 Å². The summed E-state index contributed by atoms with van der Waals surface area (Å²) in [5, 5.41) is 3.13. The zero-order chi connectivity index (χ0) is 16.7. The normalized spacial score (nSPS) is 9.78. The quantitative estimate of drug-likeness (QED) is 0.336. The molecule has 0 spiro atoms. The Morgan fingerprint density at radius 1 is 1.00 bits per heavy atom. The maximum atomic E-state index is 11.9. The maximum absolute atomic E-state index is 11.9. The number of benzene rings is 2. The minimum Gasteiger partial charge on any atom is -0.301 e. The molecule has 23 heavy (non-hydrogen) atoms. The first kappa shape index (κ1) is 16.9. The number of Topliss-reactive ketones (excluding diaryl/α,β-unsaturated/α-hetero) is 1. The van der Waals surface area contributed by atoms with Crippen LogP contribution in [0.2, 0.25) is 5.02 Å². The fraction of sp³-hybridized carbons (Fsp3) is 0.0625. The van der Waals surface area contributed by atoms with Crippen LogP contribution in [0.5, 0.6) is 0 Å². The molecule has 1 amide bonds. The standard InChI is InChI=1S/C16H14ClN3O2S/c17-12-6-8-13(9-7-12)19-20-16(23)18-15(22)10-14(21)11-4-2-1-3-5-11/h1-9,19H,10H2,(H2,18,20,22,23). The van der Waals surface area contributed by atoms with Crippen molar-refractivity contribution in [3.05, 3.63) is 65.2 Å². The average molecular weight is 348 g/mol. The fourth-order valence-electron chi connectivity index (χ4n) is 1.74. The molecule has 2 aromatic rings. The van der Waals surface area contributed by atoms with E-state index in [9.17, 15) is 9.59 Å². The molecule has 3 N–H and O–H groups in total. The van der Waals surface area contributed by atoms with Crippen molar-refractivity contribution in [3.63, 3.8) is 0 Å². The molecule has 2 aromatic carbocycles. The number of rotatable bonds is 5. The van der Waals surface area contributed by atoms with Gasteiger partial charge in [0, 0.05) is 10.6 Å². The Balaban J connectivity index is 1.77. The van der Waals surface area contributed by atoms with E-state index >= 15 is 0 Å². The van der Waals surface area contributed by atoms with Gasteiger partial charge in [0.25, 0.3) is 0 Å². The minimum atomic E-state index is -0.478. The number of carbonyl (C=O) groups is 2. The second kappa shape index (κ2) is 8.26. The van der Waals surface area contributed by atoms with Crippen molar-refractivity contribution in [1.82, 2.24) is 10.7 Å². The molecule has 118 valence electrons. The van der Waals surface area contributed by atoms with Crippen LogP contribution in [-0.4, -0.2) is 16.8 Å². The Bertz CT molecular complexity index is 705. The van der Waals surface area contributed by atoms with E-state index in [1.54, 1.807) is 54.6 Å².